The third-order valence-corrected chi connectivity index (χ3v) is 2.40. The summed E-state index contributed by atoms with van der Waals surface area (Å²) in [7, 11) is 2.14. The molecular weight excluding hydrogens is 162 g/mol. The summed E-state index contributed by atoms with van der Waals surface area (Å²) in [5.41, 5.74) is 1.29. The quantitative estimate of drug-likeness (QED) is 0.705. The molecule has 0 aliphatic heterocycles. The summed E-state index contributed by atoms with van der Waals surface area (Å²) < 4.78 is 2.04. The van der Waals surface area contributed by atoms with E-state index in [2.05, 4.69) is 43.9 Å². The fraction of sp³-hybridized carbons (Fsp3) is 0.700. The lowest BCUT2D eigenvalue weighted by molar-refractivity contribution is 0.257. The zero-order valence-electron chi connectivity index (χ0n) is 8.99. The maximum absolute atomic E-state index is 4.24. The van der Waals surface area contributed by atoms with Crippen molar-refractivity contribution in [2.75, 3.05) is 7.05 Å². The lowest BCUT2D eigenvalue weighted by atomic mass is 10.3. The lowest BCUT2D eigenvalue weighted by Crippen LogP contribution is -2.26. The molecule has 0 bridgehead atoms. The molecule has 0 radical (unpaired) electrons. The summed E-state index contributed by atoms with van der Waals surface area (Å²) in [6, 6.07) is 2.67. The zero-order valence-corrected chi connectivity index (χ0v) is 8.99. The van der Waals surface area contributed by atoms with E-state index in [1.54, 1.807) is 0 Å². The molecule has 0 amide bonds. The Morgan fingerprint density at radius 1 is 1.54 bits per heavy atom. The van der Waals surface area contributed by atoms with Gasteiger partial charge in [0.2, 0.25) is 0 Å². The van der Waals surface area contributed by atoms with Crippen molar-refractivity contribution in [2.45, 2.75) is 39.9 Å². The summed E-state index contributed by atoms with van der Waals surface area (Å²) in [6.07, 6.45) is 1.87. The molecule has 0 aliphatic carbocycles. The lowest BCUT2D eigenvalue weighted by Gasteiger charge is -2.21. The molecule has 1 rings (SSSR count). The Morgan fingerprint density at radius 3 is 2.77 bits per heavy atom. The van der Waals surface area contributed by atoms with Gasteiger partial charge in [-0.1, -0.05) is 0 Å². The van der Waals surface area contributed by atoms with E-state index in [-0.39, 0.29) is 0 Å². The highest BCUT2D eigenvalue weighted by Crippen LogP contribution is 2.05. The zero-order chi connectivity index (χ0) is 9.84. The first kappa shape index (κ1) is 10.3. The third-order valence-electron chi connectivity index (χ3n) is 2.40. The Balaban J connectivity index is 2.62. The van der Waals surface area contributed by atoms with Gasteiger partial charge in [0.1, 0.15) is 0 Å². The van der Waals surface area contributed by atoms with Crippen molar-refractivity contribution in [3.8, 4) is 0 Å². The summed E-state index contributed by atoms with van der Waals surface area (Å²) in [4.78, 5) is 2.31. The van der Waals surface area contributed by atoms with E-state index in [4.69, 9.17) is 0 Å². The van der Waals surface area contributed by atoms with Crippen LogP contribution in [0.15, 0.2) is 12.3 Å². The molecule has 0 atom stereocenters. The number of hydrogen-bond acceptors (Lipinski definition) is 2. The fourth-order valence-electron chi connectivity index (χ4n) is 1.22. The van der Waals surface area contributed by atoms with E-state index in [0.29, 0.717) is 6.04 Å². The van der Waals surface area contributed by atoms with Gasteiger partial charge in [-0.3, -0.25) is 9.58 Å². The normalized spacial score (nSPS) is 11.5. The summed E-state index contributed by atoms with van der Waals surface area (Å²) in [5, 5.41) is 4.24. The first-order valence-electron chi connectivity index (χ1n) is 4.86. The average Bonchev–Trinajstić information content (AvgIpc) is 2.51. The van der Waals surface area contributed by atoms with E-state index < -0.39 is 0 Å². The minimum Gasteiger partial charge on any atom is -0.298 e. The number of hydrogen-bond donors (Lipinski definition) is 0. The topological polar surface area (TPSA) is 21.1 Å². The van der Waals surface area contributed by atoms with Crippen molar-refractivity contribution in [1.29, 1.82) is 0 Å². The predicted octanol–water partition coefficient (Wildman–Crippen LogP) is 1.74. The van der Waals surface area contributed by atoms with E-state index in [1.165, 1.54) is 5.69 Å². The van der Waals surface area contributed by atoms with Crippen LogP contribution in [0, 0.1) is 0 Å². The molecule has 13 heavy (non-hydrogen) atoms. The van der Waals surface area contributed by atoms with Crippen molar-refractivity contribution in [3.05, 3.63) is 18.0 Å². The van der Waals surface area contributed by atoms with Crippen LogP contribution in [0.4, 0.5) is 0 Å². The Kier molecular flexibility index (Phi) is 3.48. The van der Waals surface area contributed by atoms with Crippen LogP contribution in [0.3, 0.4) is 0 Å². The molecule has 3 nitrogen and oxygen atoms in total. The molecule has 1 aromatic rings. The standard InChI is InChI=1S/C10H19N3/c1-5-13-10(6-7-11-13)8-12(4)9(2)3/h6-7,9H,5,8H2,1-4H3. The number of rotatable bonds is 4. The number of aryl methyl sites for hydroxylation is 1. The van der Waals surface area contributed by atoms with Gasteiger partial charge in [0.25, 0.3) is 0 Å². The van der Waals surface area contributed by atoms with Gasteiger partial charge in [0.15, 0.2) is 0 Å². The van der Waals surface area contributed by atoms with Crippen molar-refractivity contribution < 1.29 is 0 Å². The minimum absolute atomic E-state index is 0.584. The SMILES string of the molecule is CCn1nccc1CN(C)C(C)C. The van der Waals surface area contributed by atoms with Gasteiger partial charge < -0.3 is 0 Å². The molecule has 0 N–H and O–H groups in total. The molecule has 0 aliphatic rings. The Morgan fingerprint density at radius 2 is 2.23 bits per heavy atom. The smallest absolute Gasteiger partial charge is 0.0524 e. The van der Waals surface area contributed by atoms with Crippen LogP contribution in [0.2, 0.25) is 0 Å². The number of aromatic nitrogens is 2. The highest BCUT2D eigenvalue weighted by molar-refractivity contribution is 5.00. The Hall–Kier alpha value is -0.830. The molecule has 0 unspecified atom stereocenters. The summed E-state index contributed by atoms with van der Waals surface area (Å²) in [5.74, 6) is 0. The van der Waals surface area contributed by atoms with Crippen molar-refractivity contribution in [1.82, 2.24) is 14.7 Å². The van der Waals surface area contributed by atoms with Crippen molar-refractivity contribution >= 4 is 0 Å². The molecule has 0 saturated carbocycles. The van der Waals surface area contributed by atoms with Crippen LogP contribution >= 0.6 is 0 Å². The Bertz CT molecular complexity index is 252. The highest BCUT2D eigenvalue weighted by Gasteiger charge is 2.07. The second-order valence-electron chi connectivity index (χ2n) is 3.65. The molecule has 0 aromatic carbocycles. The van der Waals surface area contributed by atoms with Crippen LogP contribution in [-0.2, 0) is 13.1 Å². The molecule has 3 heteroatoms. The molecule has 0 saturated heterocycles. The highest BCUT2D eigenvalue weighted by atomic mass is 15.3. The van der Waals surface area contributed by atoms with Crippen LogP contribution in [-0.4, -0.2) is 27.8 Å². The van der Waals surface area contributed by atoms with Gasteiger partial charge in [-0.25, -0.2) is 0 Å². The first-order chi connectivity index (χ1) is 6.15. The fourth-order valence-corrected chi connectivity index (χ4v) is 1.22. The minimum atomic E-state index is 0.584. The molecule has 74 valence electrons. The van der Waals surface area contributed by atoms with Gasteiger partial charge in [0, 0.05) is 25.3 Å². The van der Waals surface area contributed by atoms with E-state index in [9.17, 15) is 0 Å². The largest absolute Gasteiger partial charge is 0.298 e. The third kappa shape index (κ3) is 2.56. The molecule has 1 heterocycles. The van der Waals surface area contributed by atoms with E-state index >= 15 is 0 Å². The molecular formula is C10H19N3. The van der Waals surface area contributed by atoms with Gasteiger partial charge in [-0.15, -0.1) is 0 Å². The average molecular weight is 181 g/mol. The van der Waals surface area contributed by atoms with E-state index in [1.807, 2.05) is 10.9 Å². The van der Waals surface area contributed by atoms with Gasteiger partial charge in [-0.05, 0) is 33.9 Å². The predicted molar refractivity (Wildman–Crippen MR) is 54.5 cm³/mol. The monoisotopic (exact) mass is 181 g/mol. The summed E-state index contributed by atoms with van der Waals surface area (Å²) >= 11 is 0. The summed E-state index contributed by atoms with van der Waals surface area (Å²) in [6.45, 7) is 8.45. The van der Waals surface area contributed by atoms with E-state index in [0.717, 1.165) is 13.1 Å². The molecule has 0 spiro atoms. The first-order valence-corrected chi connectivity index (χ1v) is 4.86. The van der Waals surface area contributed by atoms with Crippen LogP contribution in [0.5, 0.6) is 0 Å². The second-order valence-corrected chi connectivity index (χ2v) is 3.65. The van der Waals surface area contributed by atoms with Gasteiger partial charge in [0.05, 0.1) is 5.69 Å². The second kappa shape index (κ2) is 4.42. The Labute approximate surface area is 80.4 Å². The van der Waals surface area contributed by atoms with Gasteiger partial charge >= 0.3 is 0 Å². The molecule has 1 aromatic heterocycles. The maximum atomic E-state index is 4.24. The van der Waals surface area contributed by atoms with Crippen molar-refractivity contribution in [2.24, 2.45) is 0 Å². The maximum Gasteiger partial charge on any atom is 0.0524 e. The van der Waals surface area contributed by atoms with Crippen molar-refractivity contribution in [3.63, 3.8) is 0 Å². The van der Waals surface area contributed by atoms with Crippen LogP contribution in [0.1, 0.15) is 26.5 Å². The molecule has 0 fully saturated rings. The number of nitrogens with zero attached hydrogens (tertiary/aromatic N) is 3. The van der Waals surface area contributed by atoms with Gasteiger partial charge in [-0.2, -0.15) is 5.10 Å². The van der Waals surface area contributed by atoms with Crippen LogP contribution in [0.25, 0.3) is 0 Å². The van der Waals surface area contributed by atoms with Crippen LogP contribution < -0.4 is 0 Å².